The predicted octanol–water partition coefficient (Wildman–Crippen LogP) is 4.83. The molecular weight excluding hydrogens is 498 g/mol. The number of amides is 3. The number of hydrogen-bond donors (Lipinski definition) is 2. The van der Waals surface area contributed by atoms with Gasteiger partial charge < -0.3 is 20.1 Å². The largest absolute Gasteiger partial charge is 0.497 e. The summed E-state index contributed by atoms with van der Waals surface area (Å²) in [5.41, 5.74) is 1.52. The SMILES string of the molecule is COCCCN1C(=O)C(Nc2ccc(OC)cc2)=C(Sc2ccc(NC(=O)c3cccs3)cc2)C1=O. The van der Waals surface area contributed by atoms with Crippen LogP contribution in [0.2, 0.25) is 0 Å². The molecule has 1 aromatic heterocycles. The van der Waals surface area contributed by atoms with E-state index in [1.54, 1.807) is 68.8 Å². The molecule has 8 nitrogen and oxygen atoms in total. The number of nitrogens with zero attached hydrogens (tertiary/aromatic N) is 1. The van der Waals surface area contributed by atoms with E-state index in [0.717, 1.165) is 4.90 Å². The summed E-state index contributed by atoms with van der Waals surface area (Å²) in [6.45, 7) is 0.705. The first kappa shape index (κ1) is 25.5. The van der Waals surface area contributed by atoms with Crippen molar-refractivity contribution >= 4 is 52.2 Å². The van der Waals surface area contributed by atoms with Gasteiger partial charge in [0.2, 0.25) is 0 Å². The van der Waals surface area contributed by atoms with Crippen molar-refractivity contribution < 1.29 is 23.9 Å². The fraction of sp³-hybridized carbons (Fsp3) is 0.192. The quantitative estimate of drug-likeness (QED) is 0.274. The van der Waals surface area contributed by atoms with Gasteiger partial charge in [-0.3, -0.25) is 19.3 Å². The van der Waals surface area contributed by atoms with Crippen molar-refractivity contribution in [2.45, 2.75) is 11.3 Å². The van der Waals surface area contributed by atoms with Gasteiger partial charge in [0.05, 0.1) is 12.0 Å². The fourth-order valence-electron chi connectivity index (χ4n) is 3.47. The summed E-state index contributed by atoms with van der Waals surface area (Å²) in [6, 6.07) is 17.8. The first-order chi connectivity index (χ1) is 17.5. The number of benzene rings is 2. The average Bonchev–Trinajstić information content (AvgIpc) is 3.51. The third-order valence-electron chi connectivity index (χ3n) is 5.29. The van der Waals surface area contributed by atoms with Crippen LogP contribution in [-0.2, 0) is 14.3 Å². The van der Waals surface area contributed by atoms with Gasteiger partial charge in [0, 0.05) is 36.5 Å². The number of thioether (sulfide) groups is 1. The van der Waals surface area contributed by atoms with Gasteiger partial charge in [0.1, 0.15) is 16.4 Å². The number of hydrogen-bond acceptors (Lipinski definition) is 8. The van der Waals surface area contributed by atoms with Crippen LogP contribution in [0.5, 0.6) is 5.75 Å². The molecule has 0 saturated carbocycles. The minimum Gasteiger partial charge on any atom is -0.497 e. The Balaban J connectivity index is 1.54. The van der Waals surface area contributed by atoms with Crippen LogP contribution < -0.4 is 15.4 Å². The average molecular weight is 524 g/mol. The number of ether oxygens (including phenoxy) is 2. The standard InChI is InChI=1S/C26H25N3O5S2/c1-33-15-4-14-29-25(31)22(27-17-6-10-19(34-2)11-7-17)23(26(29)32)36-20-12-8-18(9-13-20)28-24(30)21-5-3-16-35-21/h3,5-13,16,27H,4,14-15H2,1-2H3,(H,28,30). The highest BCUT2D eigenvalue weighted by molar-refractivity contribution is 8.04. The molecule has 4 rings (SSSR count). The molecule has 0 saturated heterocycles. The van der Waals surface area contributed by atoms with Crippen molar-refractivity contribution in [2.24, 2.45) is 0 Å². The minimum atomic E-state index is -0.380. The molecule has 3 amide bonds. The fourth-order valence-corrected chi connectivity index (χ4v) is 5.04. The monoisotopic (exact) mass is 523 g/mol. The molecule has 0 radical (unpaired) electrons. The lowest BCUT2D eigenvalue weighted by atomic mass is 10.3. The summed E-state index contributed by atoms with van der Waals surface area (Å²) >= 11 is 2.57. The van der Waals surface area contributed by atoms with E-state index in [0.29, 0.717) is 39.9 Å². The Morgan fingerprint density at radius 3 is 2.33 bits per heavy atom. The summed E-state index contributed by atoms with van der Waals surface area (Å²) in [6.07, 6.45) is 0.542. The maximum atomic E-state index is 13.2. The van der Waals surface area contributed by atoms with E-state index in [2.05, 4.69) is 10.6 Å². The van der Waals surface area contributed by atoms with E-state index >= 15 is 0 Å². The van der Waals surface area contributed by atoms with Crippen LogP contribution >= 0.6 is 23.1 Å². The normalized spacial score (nSPS) is 13.3. The van der Waals surface area contributed by atoms with Crippen LogP contribution in [0.4, 0.5) is 11.4 Å². The molecular formula is C26H25N3O5S2. The molecule has 36 heavy (non-hydrogen) atoms. The molecule has 0 atom stereocenters. The Morgan fingerprint density at radius 2 is 1.69 bits per heavy atom. The summed E-state index contributed by atoms with van der Waals surface area (Å²) in [4.78, 5) is 41.6. The summed E-state index contributed by atoms with van der Waals surface area (Å²) in [7, 11) is 3.16. The first-order valence-corrected chi connectivity index (χ1v) is 12.8. The zero-order valence-corrected chi connectivity index (χ0v) is 21.4. The molecule has 2 N–H and O–H groups in total. The number of carbonyl (C=O) groups is 3. The number of methoxy groups -OCH3 is 2. The first-order valence-electron chi connectivity index (χ1n) is 11.1. The van der Waals surface area contributed by atoms with Crippen LogP contribution in [0, 0.1) is 0 Å². The second-order valence-corrected chi connectivity index (χ2v) is 9.76. The minimum absolute atomic E-state index is 0.178. The molecule has 0 fully saturated rings. The lowest BCUT2D eigenvalue weighted by Gasteiger charge is -2.14. The Morgan fingerprint density at radius 1 is 0.972 bits per heavy atom. The molecule has 186 valence electrons. The van der Waals surface area contributed by atoms with Crippen LogP contribution in [0.15, 0.2) is 81.5 Å². The molecule has 3 aromatic rings. The molecule has 0 bridgehead atoms. The number of anilines is 2. The lowest BCUT2D eigenvalue weighted by molar-refractivity contribution is -0.137. The van der Waals surface area contributed by atoms with Crippen molar-refractivity contribution in [3.63, 3.8) is 0 Å². The predicted molar refractivity (Wildman–Crippen MR) is 141 cm³/mol. The van der Waals surface area contributed by atoms with Crippen molar-refractivity contribution in [3.05, 3.63) is 81.5 Å². The maximum absolute atomic E-state index is 13.2. The van der Waals surface area contributed by atoms with Gasteiger partial charge in [-0.15, -0.1) is 11.3 Å². The number of rotatable bonds is 11. The van der Waals surface area contributed by atoms with Gasteiger partial charge in [-0.05, 0) is 66.4 Å². The molecule has 2 aromatic carbocycles. The summed E-state index contributed by atoms with van der Waals surface area (Å²) < 4.78 is 10.3. The van der Waals surface area contributed by atoms with Crippen LogP contribution in [0.25, 0.3) is 0 Å². The highest BCUT2D eigenvalue weighted by atomic mass is 32.2. The summed E-state index contributed by atoms with van der Waals surface area (Å²) in [5, 5.41) is 7.82. The lowest BCUT2D eigenvalue weighted by Crippen LogP contribution is -2.33. The number of nitrogens with one attached hydrogen (secondary N) is 2. The van der Waals surface area contributed by atoms with Crippen LogP contribution in [0.3, 0.4) is 0 Å². The molecule has 2 heterocycles. The number of imide groups is 1. The smallest absolute Gasteiger partial charge is 0.278 e. The third-order valence-corrected chi connectivity index (χ3v) is 7.25. The van der Waals surface area contributed by atoms with E-state index < -0.39 is 0 Å². The zero-order valence-electron chi connectivity index (χ0n) is 19.8. The molecule has 1 aliphatic rings. The van der Waals surface area contributed by atoms with E-state index in [9.17, 15) is 14.4 Å². The Labute approximate surface area is 217 Å². The Hall–Kier alpha value is -3.60. The van der Waals surface area contributed by atoms with Gasteiger partial charge in [-0.25, -0.2) is 0 Å². The number of thiophene rings is 1. The van der Waals surface area contributed by atoms with Crippen molar-refractivity contribution in [1.29, 1.82) is 0 Å². The van der Waals surface area contributed by atoms with Gasteiger partial charge in [0.15, 0.2) is 0 Å². The second kappa shape index (κ2) is 11.9. The van der Waals surface area contributed by atoms with Crippen molar-refractivity contribution in [3.8, 4) is 5.75 Å². The van der Waals surface area contributed by atoms with Gasteiger partial charge >= 0.3 is 0 Å². The van der Waals surface area contributed by atoms with E-state index in [-0.39, 0.29) is 30.0 Å². The Bertz CT molecular complexity index is 1260. The topological polar surface area (TPSA) is 97.0 Å². The van der Waals surface area contributed by atoms with Gasteiger partial charge in [0.25, 0.3) is 17.7 Å². The highest BCUT2D eigenvalue weighted by Crippen LogP contribution is 2.36. The molecule has 0 spiro atoms. The van der Waals surface area contributed by atoms with Gasteiger partial charge in [-0.1, -0.05) is 17.8 Å². The second-order valence-electron chi connectivity index (χ2n) is 7.72. The molecule has 10 heteroatoms. The van der Waals surface area contributed by atoms with E-state index in [1.807, 2.05) is 11.4 Å². The molecule has 0 aliphatic carbocycles. The summed E-state index contributed by atoms with van der Waals surface area (Å²) in [5.74, 6) is -0.228. The van der Waals surface area contributed by atoms with Crippen molar-refractivity contribution in [2.75, 3.05) is 38.0 Å². The third kappa shape index (κ3) is 5.96. The molecule has 0 unspecified atom stereocenters. The Kier molecular flexibility index (Phi) is 8.42. The molecule has 1 aliphatic heterocycles. The van der Waals surface area contributed by atoms with Crippen LogP contribution in [0.1, 0.15) is 16.1 Å². The zero-order chi connectivity index (χ0) is 25.5. The van der Waals surface area contributed by atoms with Gasteiger partial charge in [-0.2, -0.15) is 0 Å². The van der Waals surface area contributed by atoms with E-state index in [4.69, 9.17) is 9.47 Å². The van der Waals surface area contributed by atoms with E-state index in [1.165, 1.54) is 28.0 Å². The van der Waals surface area contributed by atoms with Crippen LogP contribution in [-0.4, -0.2) is 50.0 Å². The van der Waals surface area contributed by atoms with Crippen molar-refractivity contribution in [1.82, 2.24) is 4.90 Å². The highest BCUT2D eigenvalue weighted by Gasteiger charge is 2.38. The maximum Gasteiger partial charge on any atom is 0.278 e. The number of carbonyl (C=O) groups excluding carboxylic acids is 3.